The van der Waals surface area contributed by atoms with Gasteiger partial charge in [0.15, 0.2) is 0 Å². The van der Waals surface area contributed by atoms with Gasteiger partial charge in [0.25, 0.3) is 5.91 Å². The number of rotatable bonds is 4. The van der Waals surface area contributed by atoms with Crippen molar-refractivity contribution in [1.29, 1.82) is 0 Å². The fourth-order valence-electron chi connectivity index (χ4n) is 1.97. The first kappa shape index (κ1) is 18.4. The van der Waals surface area contributed by atoms with Crippen LogP contribution in [-0.2, 0) is 11.3 Å². The summed E-state index contributed by atoms with van der Waals surface area (Å²) in [6.07, 6.45) is 1.11. The van der Waals surface area contributed by atoms with Crippen molar-refractivity contribution in [3.63, 3.8) is 0 Å². The van der Waals surface area contributed by atoms with E-state index in [1.165, 1.54) is 0 Å². The predicted octanol–water partition coefficient (Wildman–Crippen LogP) is 3.06. The summed E-state index contributed by atoms with van der Waals surface area (Å²) >= 11 is 0. The van der Waals surface area contributed by atoms with Crippen LogP contribution in [0.3, 0.4) is 0 Å². The Kier molecular flexibility index (Phi) is 5.69. The summed E-state index contributed by atoms with van der Waals surface area (Å²) in [7, 11) is 0. The number of nitrogens with zero attached hydrogens (tertiary/aromatic N) is 2. The van der Waals surface area contributed by atoms with Gasteiger partial charge < -0.3 is 10.1 Å². The van der Waals surface area contributed by atoms with Gasteiger partial charge in [-0.1, -0.05) is 0 Å². The van der Waals surface area contributed by atoms with Crippen molar-refractivity contribution in [3.05, 3.63) is 53.6 Å². The number of ether oxygens (including phenoxy) is 1. The van der Waals surface area contributed by atoms with E-state index >= 15 is 0 Å². The number of benzene rings is 1. The average molecular weight is 342 g/mol. The monoisotopic (exact) mass is 342 g/mol. The highest BCUT2D eigenvalue weighted by molar-refractivity contribution is 5.95. The summed E-state index contributed by atoms with van der Waals surface area (Å²) in [6.45, 7) is 7.48. The Morgan fingerprint density at radius 3 is 2.40 bits per heavy atom. The van der Waals surface area contributed by atoms with E-state index in [1.54, 1.807) is 57.3 Å². The maximum atomic E-state index is 12.1. The summed E-state index contributed by atoms with van der Waals surface area (Å²) in [6, 6.07) is 8.32. The lowest BCUT2D eigenvalue weighted by atomic mass is 10.2. The van der Waals surface area contributed by atoms with E-state index in [1.807, 2.05) is 6.92 Å². The van der Waals surface area contributed by atoms with Crippen LogP contribution < -0.4 is 10.6 Å². The predicted molar refractivity (Wildman–Crippen MR) is 94.2 cm³/mol. The maximum Gasteiger partial charge on any atom is 0.412 e. The molecule has 0 spiro atoms. The Hall–Kier alpha value is -2.96. The zero-order chi connectivity index (χ0) is 18.4. The van der Waals surface area contributed by atoms with Crippen LogP contribution in [0.15, 0.2) is 36.5 Å². The van der Waals surface area contributed by atoms with Crippen molar-refractivity contribution in [1.82, 2.24) is 15.3 Å². The van der Waals surface area contributed by atoms with Gasteiger partial charge in [-0.05, 0) is 58.0 Å². The average Bonchev–Trinajstić information content (AvgIpc) is 2.51. The quantitative estimate of drug-likeness (QED) is 0.891. The Morgan fingerprint density at radius 1 is 1.12 bits per heavy atom. The molecule has 1 heterocycles. The summed E-state index contributed by atoms with van der Waals surface area (Å²) in [5, 5.41) is 5.37. The number of carbonyl (C=O) groups is 2. The molecule has 0 unspecified atom stereocenters. The molecule has 1 aromatic heterocycles. The van der Waals surface area contributed by atoms with Crippen LogP contribution >= 0.6 is 0 Å². The number of hydrogen-bond donors (Lipinski definition) is 2. The third-order valence-electron chi connectivity index (χ3n) is 3.04. The van der Waals surface area contributed by atoms with Crippen molar-refractivity contribution < 1.29 is 14.3 Å². The number of nitrogens with one attached hydrogen (secondary N) is 2. The fraction of sp³-hybridized carbons (Fsp3) is 0.333. The molecule has 2 N–H and O–H groups in total. The van der Waals surface area contributed by atoms with Gasteiger partial charge in [-0.3, -0.25) is 10.1 Å². The number of anilines is 1. The van der Waals surface area contributed by atoms with Crippen LogP contribution in [-0.4, -0.2) is 27.6 Å². The van der Waals surface area contributed by atoms with E-state index in [0.717, 1.165) is 5.69 Å². The van der Waals surface area contributed by atoms with Gasteiger partial charge >= 0.3 is 6.09 Å². The third kappa shape index (κ3) is 6.21. The molecule has 1 aromatic carbocycles. The topological polar surface area (TPSA) is 93.2 Å². The molecule has 7 nitrogen and oxygen atoms in total. The van der Waals surface area contributed by atoms with Crippen LogP contribution in [0.2, 0.25) is 0 Å². The van der Waals surface area contributed by atoms with Gasteiger partial charge in [-0.2, -0.15) is 0 Å². The van der Waals surface area contributed by atoms with E-state index in [9.17, 15) is 9.59 Å². The summed E-state index contributed by atoms with van der Waals surface area (Å²) in [4.78, 5) is 32.2. The fourth-order valence-corrected chi connectivity index (χ4v) is 1.97. The first-order valence-electron chi connectivity index (χ1n) is 7.90. The van der Waals surface area contributed by atoms with Gasteiger partial charge in [0.05, 0.1) is 6.54 Å². The van der Waals surface area contributed by atoms with Gasteiger partial charge in [0, 0.05) is 23.1 Å². The second-order valence-corrected chi connectivity index (χ2v) is 6.50. The molecule has 0 bridgehead atoms. The molecule has 2 amide bonds. The molecule has 132 valence electrons. The van der Waals surface area contributed by atoms with E-state index in [4.69, 9.17) is 4.74 Å². The molecule has 0 saturated heterocycles. The number of aryl methyl sites for hydroxylation is 1. The highest BCUT2D eigenvalue weighted by Gasteiger charge is 2.16. The van der Waals surface area contributed by atoms with Gasteiger partial charge in [0.1, 0.15) is 11.4 Å². The Morgan fingerprint density at radius 2 is 1.80 bits per heavy atom. The Balaban J connectivity index is 1.90. The molecule has 25 heavy (non-hydrogen) atoms. The first-order valence-corrected chi connectivity index (χ1v) is 7.90. The Bertz CT molecular complexity index is 752. The van der Waals surface area contributed by atoms with Gasteiger partial charge in [-0.15, -0.1) is 0 Å². The van der Waals surface area contributed by atoms with E-state index in [0.29, 0.717) is 17.1 Å². The van der Waals surface area contributed by atoms with Crippen LogP contribution in [0.4, 0.5) is 10.5 Å². The van der Waals surface area contributed by atoms with Crippen molar-refractivity contribution >= 4 is 17.7 Å². The molecule has 2 aromatic rings. The molecule has 0 fully saturated rings. The van der Waals surface area contributed by atoms with E-state index in [2.05, 4.69) is 20.6 Å². The lowest BCUT2D eigenvalue weighted by Gasteiger charge is -2.19. The highest BCUT2D eigenvalue weighted by Crippen LogP contribution is 2.13. The minimum atomic E-state index is -0.568. The molecule has 0 aliphatic carbocycles. The zero-order valence-electron chi connectivity index (χ0n) is 14.8. The third-order valence-corrected chi connectivity index (χ3v) is 3.04. The van der Waals surface area contributed by atoms with Crippen LogP contribution in [0.1, 0.15) is 42.6 Å². The largest absolute Gasteiger partial charge is 0.444 e. The highest BCUT2D eigenvalue weighted by atomic mass is 16.6. The molecule has 7 heteroatoms. The van der Waals surface area contributed by atoms with E-state index in [-0.39, 0.29) is 12.5 Å². The van der Waals surface area contributed by atoms with Crippen LogP contribution in [0, 0.1) is 6.92 Å². The van der Waals surface area contributed by atoms with Crippen LogP contribution in [0.5, 0.6) is 0 Å². The number of hydrogen-bond acceptors (Lipinski definition) is 5. The lowest BCUT2D eigenvalue weighted by molar-refractivity contribution is 0.0635. The minimum Gasteiger partial charge on any atom is -0.444 e. The number of amides is 2. The second-order valence-electron chi connectivity index (χ2n) is 6.50. The first-order chi connectivity index (χ1) is 11.7. The molecule has 0 aliphatic heterocycles. The van der Waals surface area contributed by atoms with Crippen molar-refractivity contribution in [2.45, 2.75) is 39.8 Å². The smallest absolute Gasteiger partial charge is 0.412 e. The zero-order valence-corrected chi connectivity index (χ0v) is 14.8. The summed E-state index contributed by atoms with van der Waals surface area (Å²) in [5.41, 5.74) is 1.30. The number of aromatic nitrogens is 2. The van der Waals surface area contributed by atoms with Crippen LogP contribution in [0.25, 0.3) is 0 Å². The molecular formula is C18H22N4O3. The summed E-state index contributed by atoms with van der Waals surface area (Å²) < 4.78 is 5.17. The molecule has 2 rings (SSSR count). The molecule has 0 atom stereocenters. The lowest BCUT2D eigenvalue weighted by Crippen LogP contribution is -2.27. The maximum absolute atomic E-state index is 12.1. The molecule has 0 aliphatic rings. The van der Waals surface area contributed by atoms with Crippen molar-refractivity contribution in [3.8, 4) is 0 Å². The van der Waals surface area contributed by atoms with Crippen molar-refractivity contribution in [2.75, 3.05) is 5.32 Å². The Labute approximate surface area is 146 Å². The van der Waals surface area contributed by atoms with E-state index < -0.39 is 11.7 Å². The minimum absolute atomic E-state index is 0.242. The number of carbonyl (C=O) groups excluding carboxylic acids is 2. The second kappa shape index (κ2) is 7.74. The normalized spacial score (nSPS) is 10.9. The summed E-state index contributed by atoms with van der Waals surface area (Å²) in [5.74, 6) is 0.311. The van der Waals surface area contributed by atoms with Gasteiger partial charge in [-0.25, -0.2) is 14.8 Å². The molecular weight excluding hydrogens is 320 g/mol. The molecule has 0 radical (unpaired) electrons. The van der Waals surface area contributed by atoms with Gasteiger partial charge in [0.2, 0.25) is 0 Å². The molecule has 0 saturated carbocycles. The van der Waals surface area contributed by atoms with Crippen molar-refractivity contribution in [2.24, 2.45) is 0 Å². The standard InChI is InChI=1S/C18H22N4O3/c1-12-9-10-19-15(21-12)11-20-16(23)13-5-7-14(8-6-13)22-17(24)25-18(2,3)4/h5-10H,11H2,1-4H3,(H,20,23)(H,22,24). The SMILES string of the molecule is Cc1ccnc(CNC(=O)c2ccc(NC(=O)OC(C)(C)C)cc2)n1.